The van der Waals surface area contributed by atoms with Gasteiger partial charge in [0.1, 0.15) is 5.25 Å². The van der Waals surface area contributed by atoms with E-state index in [9.17, 15) is 14.4 Å². The van der Waals surface area contributed by atoms with Crippen molar-refractivity contribution in [2.24, 2.45) is 4.99 Å². The van der Waals surface area contributed by atoms with E-state index < -0.39 is 5.25 Å². The maximum Gasteiger partial charge on any atom is 0.262 e. The zero-order valence-corrected chi connectivity index (χ0v) is 19.3. The normalized spacial score (nSPS) is 19.1. The molecule has 0 bridgehead atoms. The minimum atomic E-state index is -0.506. The van der Waals surface area contributed by atoms with Crippen LogP contribution in [0.3, 0.4) is 0 Å². The number of aromatic nitrogens is 1. The number of rotatable bonds is 6. The highest BCUT2D eigenvalue weighted by Gasteiger charge is 2.33. The lowest BCUT2D eigenvalue weighted by Crippen LogP contribution is -2.33. The van der Waals surface area contributed by atoms with Gasteiger partial charge in [0.05, 0.1) is 6.04 Å². The molecular weight excluding hydrogens is 438 g/mol. The molecule has 0 aliphatic carbocycles. The molecule has 172 valence electrons. The molecule has 3 amide bonds. The molecular formula is C24H27N5O3S. The lowest BCUT2D eigenvalue weighted by Gasteiger charge is -2.27. The van der Waals surface area contributed by atoms with Crippen LogP contribution in [-0.4, -0.2) is 51.1 Å². The van der Waals surface area contributed by atoms with Crippen molar-refractivity contribution >= 4 is 40.3 Å². The summed E-state index contributed by atoms with van der Waals surface area (Å²) in [5.74, 6) is -0.783. The van der Waals surface area contributed by atoms with Gasteiger partial charge in [-0.3, -0.25) is 19.4 Å². The highest BCUT2D eigenvalue weighted by molar-refractivity contribution is 8.15. The summed E-state index contributed by atoms with van der Waals surface area (Å²) in [6, 6.07) is 10.3. The number of carbonyl (C=O) groups excluding carboxylic acids is 3. The fourth-order valence-electron chi connectivity index (χ4n) is 3.84. The zero-order chi connectivity index (χ0) is 23.2. The number of aliphatic imine (C=N–C) groups is 1. The molecule has 33 heavy (non-hydrogen) atoms. The van der Waals surface area contributed by atoms with E-state index in [0.717, 1.165) is 36.7 Å². The van der Waals surface area contributed by atoms with Gasteiger partial charge < -0.3 is 15.5 Å². The number of carbonyl (C=O) groups is 3. The molecule has 0 saturated carbocycles. The number of thioether (sulfide) groups is 1. The molecule has 8 nitrogen and oxygen atoms in total. The van der Waals surface area contributed by atoms with Crippen LogP contribution in [0.15, 0.2) is 53.8 Å². The Morgan fingerprint density at radius 3 is 2.76 bits per heavy atom. The Morgan fingerprint density at radius 1 is 1.18 bits per heavy atom. The first-order valence-electron chi connectivity index (χ1n) is 11.1. The van der Waals surface area contributed by atoms with Crippen LogP contribution in [0.25, 0.3) is 0 Å². The molecule has 2 N–H and O–H groups in total. The third-order valence-electron chi connectivity index (χ3n) is 5.67. The number of amidine groups is 1. The Bertz CT molecular complexity index is 1050. The molecule has 1 aromatic carbocycles. The van der Waals surface area contributed by atoms with Crippen molar-refractivity contribution in [1.29, 1.82) is 0 Å². The van der Waals surface area contributed by atoms with E-state index in [2.05, 4.69) is 25.5 Å². The molecule has 2 aliphatic rings. The average Bonchev–Trinajstić information content (AvgIpc) is 3.20. The quantitative estimate of drug-likeness (QED) is 0.678. The van der Waals surface area contributed by atoms with Crippen molar-refractivity contribution in [3.05, 3.63) is 59.9 Å². The monoisotopic (exact) mass is 465 g/mol. The summed E-state index contributed by atoms with van der Waals surface area (Å²) in [5, 5.41) is 5.97. The van der Waals surface area contributed by atoms with Crippen molar-refractivity contribution in [3.8, 4) is 0 Å². The molecule has 0 radical (unpaired) electrons. The molecule has 1 fully saturated rings. The summed E-state index contributed by atoms with van der Waals surface area (Å²) in [7, 11) is 0. The smallest absolute Gasteiger partial charge is 0.262 e. The Kier molecular flexibility index (Phi) is 7.39. The minimum Gasteiger partial charge on any atom is -0.351 e. The van der Waals surface area contributed by atoms with E-state index in [4.69, 9.17) is 0 Å². The number of anilines is 1. The van der Waals surface area contributed by atoms with Gasteiger partial charge in [-0.15, -0.1) is 0 Å². The van der Waals surface area contributed by atoms with Gasteiger partial charge in [-0.2, -0.15) is 4.99 Å². The minimum absolute atomic E-state index is 0.0405. The lowest BCUT2D eigenvalue weighted by atomic mass is 10.1. The van der Waals surface area contributed by atoms with E-state index in [1.165, 1.54) is 18.2 Å². The molecule has 0 spiro atoms. The Hall–Kier alpha value is -3.20. The van der Waals surface area contributed by atoms with Crippen molar-refractivity contribution < 1.29 is 14.4 Å². The standard InChI is InChI=1S/C24H27N5O3S/c1-16(18-8-6-10-25-15-18)26-22(31)17-7-5-9-19(13-17)27-21(30)14-20-23(32)28-24(33-20)29-11-3-2-4-12-29/h5-10,13,15-16,20H,2-4,11-12,14H2,1H3,(H,26,31)(H,27,30)/t16-,20-/m0/s1. The first-order valence-corrected chi connectivity index (χ1v) is 12.0. The zero-order valence-electron chi connectivity index (χ0n) is 18.5. The highest BCUT2D eigenvalue weighted by Crippen LogP contribution is 2.29. The van der Waals surface area contributed by atoms with Crippen LogP contribution in [0.1, 0.15) is 54.6 Å². The Balaban J connectivity index is 1.31. The lowest BCUT2D eigenvalue weighted by molar-refractivity contribution is -0.121. The van der Waals surface area contributed by atoms with E-state index in [1.54, 1.807) is 36.7 Å². The van der Waals surface area contributed by atoms with Crippen LogP contribution in [0, 0.1) is 0 Å². The first kappa shape index (κ1) is 23.0. The summed E-state index contributed by atoms with van der Waals surface area (Å²) in [4.78, 5) is 47.9. The topological polar surface area (TPSA) is 104 Å². The average molecular weight is 466 g/mol. The molecule has 1 saturated heterocycles. The van der Waals surface area contributed by atoms with Crippen molar-refractivity contribution in [2.75, 3.05) is 18.4 Å². The maximum absolute atomic E-state index is 12.7. The SMILES string of the molecule is C[C@H](NC(=O)c1cccc(NC(=O)C[C@@H]2SC(N3CCCCC3)=NC2=O)c1)c1cccnc1. The van der Waals surface area contributed by atoms with Crippen LogP contribution in [0.2, 0.25) is 0 Å². The van der Waals surface area contributed by atoms with E-state index >= 15 is 0 Å². The second-order valence-corrected chi connectivity index (χ2v) is 9.37. The molecule has 2 aliphatic heterocycles. The molecule has 2 aromatic rings. The van der Waals surface area contributed by atoms with Gasteiger partial charge in [0.15, 0.2) is 5.17 Å². The number of nitrogens with one attached hydrogen (secondary N) is 2. The van der Waals surface area contributed by atoms with E-state index in [1.807, 2.05) is 19.1 Å². The summed E-state index contributed by atoms with van der Waals surface area (Å²) in [6.45, 7) is 3.70. The summed E-state index contributed by atoms with van der Waals surface area (Å²) in [5.41, 5.74) is 1.85. The fraction of sp³-hybridized carbons (Fsp3) is 0.375. The predicted octanol–water partition coefficient (Wildman–Crippen LogP) is 3.39. The highest BCUT2D eigenvalue weighted by atomic mass is 32.2. The number of benzene rings is 1. The van der Waals surface area contributed by atoms with Gasteiger partial charge in [-0.25, -0.2) is 0 Å². The van der Waals surface area contributed by atoms with Crippen LogP contribution in [0.4, 0.5) is 5.69 Å². The largest absolute Gasteiger partial charge is 0.351 e. The van der Waals surface area contributed by atoms with Crippen molar-refractivity contribution in [2.45, 2.75) is 43.9 Å². The maximum atomic E-state index is 12.7. The van der Waals surface area contributed by atoms with Crippen molar-refractivity contribution in [1.82, 2.24) is 15.2 Å². The molecule has 2 atom stereocenters. The number of amides is 3. The number of piperidine rings is 1. The van der Waals surface area contributed by atoms with Gasteiger partial charge >= 0.3 is 0 Å². The van der Waals surface area contributed by atoms with Gasteiger partial charge in [-0.1, -0.05) is 23.9 Å². The third-order valence-corrected chi connectivity index (χ3v) is 6.88. The van der Waals surface area contributed by atoms with E-state index in [-0.39, 0.29) is 30.2 Å². The summed E-state index contributed by atoms with van der Waals surface area (Å²) in [6.07, 6.45) is 6.84. The number of nitrogens with zero attached hydrogens (tertiary/aromatic N) is 3. The van der Waals surface area contributed by atoms with Crippen LogP contribution in [-0.2, 0) is 9.59 Å². The number of hydrogen-bond acceptors (Lipinski definition) is 6. The molecule has 4 rings (SSSR count). The van der Waals surface area contributed by atoms with E-state index in [0.29, 0.717) is 11.3 Å². The van der Waals surface area contributed by atoms with Gasteiger partial charge in [-0.05, 0) is 56.0 Å². The Morgan fingerprint density at radius 2 is 2.00 bits per heavy atom. The predicted molar refractivity (Wildman–Crippen MR) is 129 cm³/mol. The number of likely N-dealkylation sites (tertiary alicyclic amines) is 1. The molecule has 0 unspecified atom stereocenters. The number of pyridine rings is 1. The summed E-state index contributed by atoms with van der Waals surface area (Å²) >= 11 is 1.37. The molecule has 1 aromatic heterocycles. The van der Waals surface area contributed by atoms with Gasteiger partial charge in [0.25, 0.3) is 11.8 Å². The van der Waals surface area contributed by atoms with Crippen molar-refractivity contribution in [3.63, 3.8) is 0 Å². The second kappa shape index (κ2) is 10.6. The first-order chi connectivity index (χ1) is 16.0. The third kappa shape index (κ3) is 5.98. The number of hydrogen-bond donors (Lipinski definition) is 2. The molecule has 9 heteroatoms. The molecule has 3 heterocycles. The summed E-state index contributed by atoms with van der Waals surface area (Å²) < 4.78 is 0. The van der Waals surface area contributed by atoms with Crippen LogP contribution in [0.5, 0.6) is 0 Å². The Labute approximate surface area is 197 Å². The fourth-order valence-corrected chi connectivity index (χ4v) is 4.96. The second-order valence-electron chi connectivity index (χ2n) is 8.20. The van der Waals surface area contributed by atoms with Crippen LogP contribution < -0.4 is 10.6 Å². The van der Waals surface area contributed by atoms with Gasteiger partial charge in [0.2, 0.25) is 5.91 Å². The van der Waals surface area contributed by atoms with Crippen LogP contribution >= 0.6 is 11.8 Å². The van der Waals surface area contributed by atoms with Gasteiger partial charge in [0, 0.05) is 43.2 Å².